The summed E-state index contributed by atoms with van der Waals surface area (Å²) in [6.07, 6.45) is -1.64. The molecular weight excluding hydrogens is 394 g/mol. The summed E-state index contributed by atoms with van der Waals surface area (Å²) in [6.45, 7) is 0.658. The number of hydrogen-bond acceptors (Lipinski definition) is 7. The number of fused-ring (bicyclic) bond motifs is 1. The molecule has 0 unspecified atom stereocenters. The minimum absolute atomic E-state index is 0.104. The Morgan fingerprint density at radius 3 is 2.69 bits per heavy atom. The molecule has 1 saturated carbocycles. The van der Waals surface area contributed by atoms with Crippen molar-refractivity contribution in [3.63, 3.8) is 0 Å². The third-order valence-electron chi connectivity index (χ3n) is 5.56. The number of aliphatic hydroxyl groups is 1. The highest BCUT2D eigenvalue weighted by Gasteiger charge is 2.40. The molecule has 2 aromatic heterocycles. The Morgan fingerprint density at radius 1 is 1.34 bits per heavy atom. The van der Waals surface area contributed by atoms with Crippen LogP contribution < -0.4 is 10.9 Å². The number of hydrogen-bond donors (Lipinski definition) is 3. The van der Waals surface area contributed by atoms with Crippen molar-refractivity contribution in [2.45, 2.75) is 56.5 Å². The zero-order valence-electron chi connectivity index (χ0n) is 20.3. The van der Waals surface area contributed by atoms with E-state index in [0.29, 0.717) is 23.9 Å². The monoisotopic (exact) mass is 425 g/mol. The summed E-state index contributed by atoms with van der Waals surface area (Å²) in [6, 6.07) is 1.45. The summed E-state index contributed by atoms with van der Waals surface area (Å²) >= 11 is 0. The summed E-state index contributed by atoms with van der Waals surface area (Å²) in [4.78, 5) is 23.4. The molecule has 3 N–H and O–H groups in total. The van der Waals surface area contributed by atoms with Gasteiger partial charge in [0.1, 0.15) is 5.65 Å². The summed E-state index contributed by atoms with van der Waals surface area (Å²) in [7, 11) is -3.80. The van der Waals surface area contributed by atoms with Gasteiger partial charge in [-0.25, -0.2) is 17.7 Å². The van der Waals surface area contributed by atoms with Gasteiger partial charge in [-0.05, 0) is 45.0 Å². The maximum absolute atomic E-state index is 11.9. The van der Waals surface area contributed by atoms with E-state index in [9.17, 15) is 18.3 Å². The van der Waals surface area contributed by atoms with E-state index in [2.05, 4.69) is 20.3 Å². The SMILES string of the molecule is [2H]C1([2H])CN(S(C)(=O)=O)CC([2H])([2H])C1Nc1nc([C@H]2CCC[C@@]2(C)O)c2ccc(=O)[nH]c2n1. The van der Waals surface area contributed by atoms with Crippen LogP contribution in [0.2, 0.25) is 0 Å². The molecular formula is C19H27N5O4S. The van der Waals surface area contributed by atoms with Crippen molar-refractivity contribution >= 4 is 27.0 Å². The van der Waals surface area contributed by atoms with Gasteiger partial charge in [0, 0.05) is 42.0 Å². The number of anilines is 1. The Bertz CT molecular complexity index is 1230. The van der Waals surface area contributed by atoms with E-state index < -0.39 is 53.1 Å². The molecule has 1 aliphatic heterocycles. The molecule has 1 aliphatic carbocycles. The molecule has 158 valence electrons. The second-order valence-corrected chi connectivity index (χ2v) is 9.82. The number of piperidine rings is 1. The zero-order chi connectivity index (χ0) is 24.4. The first kappa shape index (κ1) is 15.8. The van der Waals surface area contributed by atoms with Crippen LogP contribution in [0.4, 0.5) is 5.95 Å². The zero-order valence-corrected chi connectivity index (χ0v) is 17.1. The highest BCUT2D eigenvalue weighted by Crippen LogP contribution is 2.43. The van der Waals surface area contributed by atoms with E-state index in [1.165, 1.54) is 6.07 Å². The molecule has 0 bridgehead atoms. The molecule has 0 spiro atoms. The molecule has 3 heterocycles. The topological polar surface area (TPSA) is 128 Å². The van der Waals surface area contributed by atoms with Gasteiger partial charge < -0.3 is 15.4 Å². The highest BCUT2D eigenvalue weighted by molar-refractivity contribution is 7.88. The van der Waals surface area contributed by atoms with Crippen molar-refractivity contribution in [2.75, 3.05) is 24.7 Å². The molecule has 10 heteroatoms. The largest absolute Gasteiger partial charge is 0.389 e. The fraction of sp³-hybridized carbons (Fsp3) is 0.632. The van der Waals surface area contributed by atoms with E-state index in [-0.39, 0.29) is 17.5 Å². The van der Waals surface area contributed by atoms with E-state index in [4.69, 9.17) is 5.48 Å². The van der Waals surface area contributed by atoms with Gasteiger partial charge >= 0.3 is 0 Å². The van der Waals surface area contributed by atoms with Gasteiger partial charge in [-0.2, -0.15) is 4.98 Å². The van der Waals surface area contributed by atoms with Gasteiger partial charge in [0.25, 0.3) is 0 Å². The van der Waals surface area contributed by atoms with Crippen molar-refractivity contribution in [3.05, 3.63) is 28.2 Å². The van der Waals surface area contributed by atoms with Crippen LogP contribution in [0.5, 0.6) is 0 Å². The second-order valence-electron chi connectivity index (χ2n) is 7.84. The molecule has 4 rings (SSSR count). The first-order valence-electron chi connectivity index (χ1n) is 11.5. The van der Waals surface area contributed by atoms with Gasteiger partial charge in [-0.15, -0.1) is 0 Å². The fourth-order valence-corrected chi connectivity index (χ4v) is 4.57. The predicted molar refractivity (Wildman–Crippen MR) is 110 cm³/mol. The van der Waals surface area contributed by atoms with Gasteiger partial charge in [-0.3, -0.25) is 4.79 Å². The molecule has 1 saturated heterocycles. The van der Waals surface area contributed by atoms with Crippen LogP contribution in [0, 0.1) is 0 Å². The molecule has 9 nitrogen and oxygen atoms in total. The molecule has 2 atom stereocenters. The number of rotatable bonds is 4. The Labute approximate surface area is 175 Å². The van der Waals surface area contributed by atoms with Crippen molar-refractivity contribution < 1.29 is 19.0 Å². The van der Waals surface area contributed by atoms with Gasteiger partial charge in [-0.1, -0.05) is 0 Å². The van der Waals surface area contributed by atoms with Crippen LogP contribution in [-0.4, -0.2) is 63.8 Å². The van der Waals surface area contributed by atoms with E-state index >= 15 is 0 Å². The minimum Gasteiger partial charge on any atom is -0.389 e. The summed E-state index contributed by atoms with van der Waals surface area (Å²) in [5.41, 5.74) is -0.759. The lowest BCUT2D eigenvalue weighted by Crippen LogP contribution is -2.42. The van der Waals surface area contributed by atoms with Crippen LogP contribution in [-0.2, 0) is 10.0 Å². The Hall–Kier alpha value is -2.04. The van der Waals surface area contributed by atoms with Crippen LogP contribution >= 0.6 is 0 Å². The van der Waals surface area contributed by atoms with Crippen molar-refractivity contribution in [3.8, 4) is 0 Å². The quantitative estimate of drug-likeness (QED) is 0.671. The summed E-state index contributed by atoms with van der Waals surface area (Å²) < 4.78 is 58.2. The smallest absolute Gasteiger partial charge is 0.249 e. The molecule has 2 fully saturated rings. The van der Waals surface area contributed by atoms with Crippen molar-refractivity contribution in [1.29, 1.82) is 0 Å². The number of pyridine rings is 1. The molecule has 0 amide bonds. The van der Waals surface area contributed by atoms with Crippen LogP contribution in [0.3, 0.4) is 0 Å². The Morgan fingerprint density at radius 2 is 2.07 bits per heavy atom. The summed E-state index contributed by atoms with van der Waals surface area (Å²) in [5, 5.41) is 14.2. The van der Waals surface area contributed by atoms with Gasteiger partial charge in [0.15, 0.2) is 0 Å². The van der Waals surface area contributed by atoms with Gasteiger partial charge in [0.05, 0.1) is 17.6 Å². The Kier molecular flexibility index (Phi) is 3.98. The lowest BCUT2D eigenvalue weighted by molar-refractivity contribution is 0.0489. The average Bonchev–Trinajstić information content (AvgIpc) is 3.01. The van der Waals surface area contributed by atoms with E-state index in [1.54, 1.807) is 13.0 Å². The van der Waals surface area contributed by atoms with Crippen molar-refractivity contribution in [2.24, 2.45) is 0 Å². The average molecular weight is 426 g/mol. The predicted octanol–water partition coefficient (Wildman–Crippen LogP) is 1.17. The third kappa shape index (κ3) is 4.15. The standard InChI is InChI=1S/C19H27N5O4S/c1-19(26)9-3-4-14(19)16-13-5-6-15(25)21-17(13)23-18(22-16)20-12-7-10-24(11-8-12)29(2,27)28/h5-6,12,14,26H,3-4,7-11H2,1-2H3,(H2,20,21,22,23,25)/t14-,19-/m1/s1/i7D2,8D2. The molecule has 2 aromatic rings. The molecule has 0 radical (unpaired) electrons. The van der Waals surface area contributed by atoms with E-state index in [1.807, 2.05) is 0 Å². The fourth-order valence-electron chi connectivity index (χ4n) is 3.95. The number of sulfonamides is 1. The lowest BCUT2D eigenvalue weighted by Gasteiger charge is -2.31. The second kappa shape index (κ2) is 7.33. The molecule has 2 aliphatic rings. The lowest BCUT2D eigenvalue weighted by atomic mass is 9.88. The van der Waals surface area contributed by atoms with Crippen LogP contribution in [0.15, 0.2) is 16.9 Å². The number of nitrogens with one attached hydrogen (secondary N) is 2. The highest BCUT2D eigenvalue weighted by atomic mass is 32.2. The van der Waals surface area contributed by atoms with E-state index in [0.717, 1.165) is 17.0 Å². The summed E-state index contributed by atoms with van der Waals surface area (Å²) in [5.74, 6) is -0.456. The number of nitrogens with zero attached hydrogens (tertiary/aromatic N) is 3. The minimum atomic E-state index is -3.80. The van der Waals surface area contributed by atoms with Gasteiger partial charge in [0.2, 0.25) is 21.5 Å². The van der Waals surface area contributed by atoms with Crippen LogP contribution in [0.25, 0.3) is 11.0 Å². The normalized spacial score (nSPS) is 32.3. The molecule has 29 heavy (non-hydrogen) atoms. The Balaban J connectivity index is 1.78. The maximum atomic E-state index is 11.9. The first-order chi connectivity index (χ1) is 15.1. The number of H-pyrrole nitrogens is 1. The van der Waals surface area contributed by atoms with Crippen LogP contribution in [0.1, 0.15) is 56.0 Å². The number of aromatic nitrogens is 3. The van der Waals surface area contributed by atoms with Crippen molar-refractivity contribution in [1.82, 2.24) is 19.3 Å². The molecule has 0 aromatic carbocycles. The number of aromatic amines is 1. The third-order valence-corrected chi connectivity index (χ3v) is 6.76. The first-order valence-corrected chi connectivity index (χ1v) is 11.3. The maximum Gasteiger partial charge on any atom is 0.249 e.